The van der Waals surface area contributed by atoms with E-state index in [2.05, 4.69) is 0 Å². The Balaban J connectivity index is 1.70. The van der Waals surface area contributed by atoms with Crippen molar-refractivity contribution in [3.8, 4) is 0 Å². The Bertz CT molecular complexity index is 1140. The molecular weight excluding hydrogens is 487 g/mol. The van der Waals surface area contributed by atoms with E-state index in [1.807, 2.05) is 6.92 Å². The van der Waals surface area contributed by atoms with Crippen LogP contribution in [0.15, 0.2) is 42.5 Å². The minimum atomic E-state index is -0.654. The fourth-order valence-corrected chi connectivity index (χ4v) is 5.16. The number of Topliss-reactive ketones (excluding diaryl/α,β-unsaturated/α-hetero) is 1. The average Bonchev–Trinajstić information content (AvgIpc) is 3.01. The monoisotopic (exact) mass is 506 g/mol. The topological polar surface area (TPSA) is 74.8 Å². The largest absolute Gasteiger partial charge is 0.292 e. The minimum Gasteiger partial charge on any atom is -0.292 e. The van der Waals surface area contributed by atoms with E-state index in [-0.39, 0.29) is 16.1 Å². The highest BCUT2D eigenvalue weighted by Crippen LogP contribution is 2.41. The fraction of sp³-hybridized carbons (Fsp3) is 0.333. The first-order chi connectivity index (χ1) is 15.7. The molecule has 2 aromatic carbocycles. The summed E-state index contributed by atoms with van der Waals surface area (Å²) in [4.78, 5) is 53.1. The van der Waals surface area contributed by atoms with Crippen LogP contribution in [0.4, 0.5) is 0 Å². The van der Waals surface area contributed by atoms with Gasteiger partial charge in [-0.2, -0.15) is 5.01 Å². The van der Waals surface area contributed by atoms with Crippen molar-refractivity contribution in [3.05, 3.63) is 68.7 Å². The van der Waals surface area contributed by atoms with Crippen molar-refractivity contribution in [2.75, 3.05) is 6.54 Å². The average molecular weight is 508 g/mol. The first-order valence-corrected chi connectivity index (χ1v) is 11.7. The van der Waals surface area contributed by atoms with Gasteiger partial charge in [0.1, 0.15) is 6.54 Å². The van der Waals surface area contributed by atoms with Crippen LogP contribution < -0.4 is 0 Å². The maximum atomic E-state index is 13.4. The van der Waals surface area contributed by atoms with Gasteiger partial charge in [-0.1, -0.05) is 41.7 Å². The lowest BCUT2D eigenvalue weighted by Crippen LogP contribution is -2.52. The van der Waals surface area contributed by atoms with Crippen molar-refractivity contribution in [3.63, 3.8) is 0 Å². The van der Waals surface area contributed by atoms with Crippen molar-refractivity contribution in [2.24, 2.45) is 17.8 Å². The van der Waals surface area contributed by atoms with Gasteiger partial charge in [-0.15, -0.1) is 0 Å². The Morgan fingerprint density at radius 1 is 0.939 bits per heavy atom. The molecule has 0 aromatic heterocycles. The van der Waals surface area contributed by atoms with E-state index >= 15 is 0 Å². The van der Waals surface area contributed by atoms with Gasteiger partial charge in [-0.3, -0.25) is 19.2 Å². The maximum absolute atomic E-state index is 13.4. The van der Waals surface area contributed by atoms with Gasteiger partial charge in [-0.05, 0) is 67.6 Å². The number of benzene rings is 2. The SMILES string of the molecule is C[C@@H]1CC[C@@H]2C(=O)N(N(CC(=O)c3ccc(Cl)cc3Cl)C(=O)c3ccc(Cl)cc3)C(=O)[C@H]2C1. The molecular formula is C24H21Cl3N2O4. The van der Waals surface area contributed by atoms with Crippen LogP contribution in [-0.4, -0.2) is 40.1 Å². The van der Waals surface area contributed by atoms with Crippen LogP contribution in [0.3, 0.4) is 0 Å². The summed E-state index contributed by atoms with van der Waals surface area (Å²) in [6.45, 7) is 1.51. The molecule has 4 rings (SSSR count). The smallest absolute Gasteiger partial charge is 0.273 e. The molecule has 0 N–H and O–H groups in total. The van der Waals surface area contributed by atoms with E-state index < -0.39 is 41.9 Å². The molecule has 6 nitrogen and oxygen atoms in total. The van der Waals surface area contributed by atoms with Gasteiger partial charge in [0.15, 0.2) is 5.78 Å². The number of amides is 3. The number of carbonyl (C=O) groups is 4. The number of nitrogens with zero attached hydrogens (tertiary/aromatic N) is 2. The van der Waals surface area contributed by atoms with E-state index in [9.17, 15) is 19.2 Å². The summed E-state index contributed by atoms with van der Waals surface area (Å²) in [6.07, 6.45) is 1.98. The number of hydrogen-bond donors (Lipinski definition) is 0. The van der Waals surface area contributed by atoms with Gasteiger partial charge in [0, 0.05) is 21.2 Å². The molecule has 1 heterocycles. The molecule has 0 unspecified atom stereocenters. The zero-order valence-corrected chi connectivity index (χ0v) is 20.0. The second-order valence-corrected chi connectivity index (χ2v) is 9.82. The van der Waals surface area contributed by atoms with Crippen molar-refractivity contribution >= 4 is 58.3 Å². The number of hydrazine groups is 1. The predicted octanol–water partition coefficient (Wildman–Crippen LogP) is 5.31. The van der Waals surface area contributed by atoms with Crippen LogP contribution in [0, 0.1) is 17.8 Å². The summed E-state index contributed by atoms with van der Waals surface area (Å²) < 4.78 is 0. The van der Waals surface area contributed by atoms with Crippen molar-refractivity contribution < 1.29 is 19.2 Å². The molecule has 2 aliphatic rings. The Kier molecular flexibility index (Phi) is 6.80. The fourth-order valence-electron chi connectivity index (χ4n) is 4.52. The van der Waals surface area contributed by atoms with Crippen LogP contribution in [0.1, 0.15) is 46.9 Å². The third kappa shape index (κ3) is 4.65. The van der Waals surface area contributed by atoms with E-state index in [0.29, 0.717) is 28.8 Å². The second-order valence-electron chi connectivity index (χ2n) is 8.54. The molecule has 1 aliphatic carbocycles. The number of ketones is 1. The number of hydrogen-bond acceptors (Lipinski definition) is 4. The van der Waals surface area contributed by atoms with Crippen LogP contribution in [0.2, 0.25) is 15.1 Å². The van der Waals surface area contributed by atoms with E-state index in [0.717, 1.165) is 16.4 Å². The lowest BCUT2D eigenvalue weighted by Gasteiger charge is -2.30. The molecule has 1 saturated heterocycles. The van der Waals surface area contributed by atoms with Gasteiger partial charge >= 0.3 is 0 Å². The molecule has 9 heteroatoms. The number of fused-ring (bicyclic) bond motifs is 1. The summed E-state index contributed by atoms with van der Waals surface area (Å²) in [6, 6.07) is 10.4. The second kappa shape index (κ2) is 9.45. The van der Waals surface area contributed by atoms with Gasteiger partial charge < -0.3 is 0 Å². The van der Waals surface area contributed by atoms with Gasteiger partial charge in [0.05, 0.1) is 16.9 Å². The number of imide groups is 1. The van der Waals surface area contributed by atoms with Gasteiger partial charge in [0.25, 0.3) is 17.7 Å². The summed E-state index contributed by atoms with van der Waals surface area (Å²) in [5.41, 5.74) is 0.332. The molecule has 2 fully saturated rings. The highest BCUT2D eigenvalue weighted by atomic mass is 35.5. The normalized spacial score (nSPS) is 22.3. The molecule has 2 aromatic rings. The summed E-state index contributed by atoms with van der Waals surface area (Å²) >= 11 is 18.0. The molecule has 172 valence electrons. The highest BCUT2D eigenvalue weighted by molar-refractivity contribution is 6.37. The zero-order chi connectivity index (χ0) is 23.9. The first-order valence-electron chi connectivity index (χ1n) is 10.6. The molecule has 3 amide bonds. The van der Waals surface area contributed by atoms with Crippen molar-refractivity contribution in [1.29, 1.82) is 0 Å². The van der Waals surface area contributed by atoms with Crippen molar-refractivity contribution in [2.45, 2.75) is 26.2 Å². The Hall–Kier alpha value is -2.41. The van der Waals surface area contributed by atoms with E-state index in [4.69, 9.17) is 34.8 Å². The van der Waals surface area contributed by atoms with Crippen LogP contribution in [0.25, 0.3) is 0 Å². The number of halogens is 3. The molecule has 0 bridgehead atoms. The Labute approximate surface area is 206 Å². The molecule has 0 radical (unpaired) electrons. The Morgan fingerprint density at radius 2 is 1.58 bits per heavy atom. The van der Waals surface area contributed by atoms with Gasteiger partial charge in [-0.25, -0.2) is 5.01 Å². The van der Waals surface area contributed by atoms with Crippen LogP contribution >= 0.6 is 34.8 Å². The third-order valence-corrected chi connectivity index (χ3v) is 7.06. The minimum absolute atomic E-state index is 0.118. The van der Waals surface area contributed by atoms with Crippen molar-refractivity contribution in [1.82, 2.24) is 10.0 Å². The molecule has 1 saturated carbocycles. The van der Waals surface area contributed by atoms with E-state index in [1.54, 1.807) is 0 Å². The summed E-state index contributed by atoms with van der Waals surface area (Å²) in [7, 11) is 0. The molecule has 0 spiro atoms. The molecule has 3 atom stereocenters. The van der Waals surface area contributed by atoms with Gasteiger partial charge in [0.2, 0.25) is 0 Å². The lowest BCUT2D eigenvalue weighted by atomic mass is 9.76. The summed E-state index contributed by atoms with van der Waals surface area (Å²) in [5, 5.41) is 2.70. The number of rotatable bonds is 5. The molecule has 33 heavy (non-hydrogen) atoms. The first kappa shape index (κ1) is 23.7. The maximum Gasteiger partial charge on any atom is 0.273 e. The molecule has 1 aliphatic heterocycles. The lowest BCUT2D eigenvalue weighted by molar-refractivity contribution is -0.154. The predicted molar refractivity (Wildman–Crippen MR) is 125 cm³/mol. The standard InChI is InChI=1S/C24H21Cl3N2O4/c1-13-2-8-17-19(10-13)24(33)29(23(17)32)28(22(31)14-3-5-15(25)6-4-14)12-21(30)18-9-7-16(26)11-20(18)27/h3-7,9,11,13,17,19H,2,8,10,12H2,1H3/t13-,17+,19+/m1/s1. The zero-order valence-electron chi connectivity index (χ0n) is 17.8. The number of carbonyl (C=O) groups excluding carboxylic acids is 4. The summed E-state index contributed by atoms with van der Waals surface area (Å²) in [5.74, 6) is -2.75. The van der Waals surface area contributed by atoms with E-state index in [1.165, 1.54) is 42.5 Å². The van der Waals surface area contributed by atoms with Crippen LogP contribution in [-0.2, 0) is 9.59 Å². The quantitative estimate of drug-likeness (QED) is 0.406. The third-order valence-electron chi connectivity index (χ3n) is 6.26. The highest BCUT2D eigenvalue weighted by Gasteiger charge is 2.52. The van der Waals surface area contributed by atoms with Crippen LogP contribution in [0.5, 0.6) is 0 Å². The Morgan fingerprint density at radius 3 is 2.24 bits per heavy atom.